The molecule has 14 heavy (non-hydrogen) atoms. The van der Waals surface area contributed by atoms with Gasteiger partial charge in [-0.1, -0.05) is 27.7 Å². The fraction of sp³-hybridized carbons (Fsp3) is 1.00. The third-order valence-electron chi connectivity index (χ3n) is 2.80. The number of rotatable bonds is 8. The molecule has 0 aliphatic rings. The van der Waals surface area contributed by atoms with Gasteiger partial charge in [0, 0.05) is 12.6 Å². The van der Waals surface area contributed by atoms with E-state index in [4.69, 9.17) is 0 Å². The Bertz CT molecular complexity index is 123. The lowest BCUT2D eigenvalue weighted by Gasteiger charge is -2.20. The van der Waals surface area contributed by atoms with Crippen molar-refractivity contribution in [1.82, 2.24) is 10.6 Å². The lowest BCUT2D eigenvalue weighted by atomic mass is 9.98. The van der Waals surface area contributed by atoms with Crippen LogP contribution in [0, 0.1) is 11.8 Å². The molecule has 0 bridgehead atoms. The molecule has 0 saturated carbocycles. The standard InChI is InChI=1S/C12H28N2/c1-6-7-13-9-12(5)14-8-11(4)10(2)3/h10-14H,6-9H2,1-5H3. The molecule has 0 aromatic rings. The van der Waals surface area contributed by atoms with Crippen molar-refractivity contribution in [3.05, 3.63) is 0 Å². The van der Waals surface area contributed by atoms with Crippen LogP contribution in [0.1, 0.15) is 41.0 Å². The minimum Gasteiger partial charge on any atom is -0.315 e. The van der Waals surface area contributed by atoms with Crippen LogP contribution in [-0.2, 0) is 0 Å². The molecule has 2 atom stereocenters. The van der Waals surface area contributed by atoms with Gasteiger partial charge in [0.15, 0.2) is 0 Å². The van der Waals surface area contributed by atoms with Crippen LogP contribution in [0.4, 0.5) is 0 Å². The Morgan fingerprint density at radius 3 is 2.14 bits per heavy atom. The predicted octanol–water partition coefficient (Wildman–Crippen LogP) is 2.26. The van der Waals surface area contributed by atoms with Gasteiger partial charge in [-0.25, -0.2) is 0 Å². The van der Waals surface area contributed by atoms with Gasteiger partial charge in [0.1, 0.15) is 0 Å². The summed E-state index contributed by atoms with van der Waals surface area (Å²) in [5, 5.41) is 6.99. The lowest BCUT2D eigenvalue weighted by molar-refractivity contribution is 0.368. The average Bonchev–Trinajstić information content (AvgIpc) is 2.14. The maximum atomic E-state index is 3.56. The molecule has 0 aliphatic carbocycles. The molecule has 86 valence electrons. The van der Waals surface area contributed by atoms with Crippen LogP contribution in [0.2, 0.25) is 0 Å². The zero-order valence-corrected chi connectivity index (χ0v) is 10.6. The molecule has 0 radical (unpaired) electrons. The summed E-state index contributed by atoms with van der Waals surface area (Å²) in [7, 11) is 0. The maximum absolute atomic E-state index is 3.56. The van der Waals surface area contributed by atoms with Crippen molar-refractivity contribution < 1.29 is 0 Å². The molecule has 2 unspecified atom stereocenters. The van der Waals surface area contributed by atoms with Crippen molar-refractivity contribution in [2.75, 3.05) is 19.6 Å². The van der Waals surface area contributed by atoms with Crippen LogP contribution in [0.3, 0.4) is 0 Å². The molecule has 0 aromatic heterocycles. The van der Waals surface area contributed by atoms with Crippen molar-refractivity contribution in [1.29, 1.82) is 0 Å². The van der Waals surface area contributed by atoms with E-state index in [1.165, 1.54) is 6.42 Å². The van der Waals surface area contributed by atoms with Crippen LogP contribution in [-0.4, -0.2) is 25.7 Å². The van der Waals surface area contributed by atoms with Gasteiger partial charge in [-0.3, -0.25) is 0 Å². The van der Waals surface area contributed by atoms with Gasteiger partial charge in [0.25, 0.3) is 0 Å². The summed E-state index contributed by atoms with van der Waals surface area (Å²) in [5.74, 6) is 1.54. The number of hydrogen-bond donors (Lipinski definition) is 2. The first-order valence-electron chi connectivity index (χ1n) is 6.02. The van der Waals surface area contributed by atoms with Crippen LogP contribution in [0.5, 0.6) is 0 Å². The topological polar surface area (TPSA) is 24.1 Å². The van der Waals surface area contributed by atoms with Crippen molar-refractivity contribution in [2.45, 2.75) is 47.1 Å². The highest BCUT2D eigenvalue weighted by atomic mass is 15.0. The third kappa shape index (κ3) is 7.34. The molecule has 0 aliphatic heterocycles. The minimum atomic E-state index is 0.586. The van der Waals surface area contributed by atoms with Crippen LogP contribution in [0.25, 0.3) is 0 Å². The zero-order valence-electron chi connectivity index (χ0n) is 10.6. The van der Waals surface area contributed by atoms with E-state index in [-0.39, 0.29) is 0 Å². The number of hydrogen-bond acceptors (Lipinski definition) is 2. The molecule has 0 rings (SSSR count). The molecular formula is C12H28N2. The van der Waals surface area contributed by atoms with Crippen molar-refractivity contribution in [2.24, 2.45) is 11.8 Å². The first-order chi connectivity index (χ1) is 6.57. The summed E-state index contributed by atoms with van der Waals surface area (Å²) in [5.41, 5.74) is 0. The second-order valence-electron chi connectivity index (χ2n) is 4.73. The second kappa shape index (κ2) is 8.25. The van der Waals surface area contributed by atoms with E-state index in [2.05, 4.69) is 45.3 Å². The Hall–Kier alpha value is -0.0800. The van der Waals surface area contributed by atoms with Gasteiger partial charge in [-0.15, -0.1) is 0 Å². The van der Waals surface area contributed by atoms with Gasteiger partial charge in [0.05, 0.1) is 0 Å². The Balaban J connectivity index is 3.38. The quantitative estimate of drug-likeness (QED) is 0.587. The summed E-state index contributed by atoms with van der Waals surface area (Å²) in [6.45, 7) is 14.7. The minimum absolute atomic E-state index is 0.586. The highest BCUT2D eigenvalue weighted by Crippen LogP contribution is 2.07. The summed E-state index contributed by atoms with van der Waals surface area (Å²) in [4.78, 5) is 0. The van der Waals surface area contributed by atoms with E-state index in [0.717, 1.165) is 31.5 Å². The van der Waals surface area contributed by atoms with E-state index in [9.17, 15) is 0 Å². The monoisotopic (exact) mass is 200 g/mol. The molecule has 2 nitrogen and oxygen atoms in total. The summed E-state index contributed by atoms with van der Waals surface area (Å²) < 4.78 is 0. The molecule has 0 amide bonds. The van der Waals surface area contributed by atoms with Crippen LogP contribution in [0.15, 0.2) is 0 Å². The van der Waals surface area contributed by atoms with E-state index >= 15 is 0 Å². The largest absolute Gasteiger partial charge is 0.315 e. The Labute approximate surface area is 89.9 Å². The summed E-state index contributed by atoms with van der Waals surface area (Å²) >= 11 is 0. The van der Waals surface area contributed by atoms with E-state index in [1.54, 1.807) is 0 Å². The smallest absolute Gasteiger partial charge is 0.0164 e. The predicted molar refractivity (Wildman–Crippen MR) is 64.6 cm³/mol. The molecule has 0 spiro atoms. The number of nitrogens with one attached hydrogen (secondary N) is 2. The molecule has 2 heteroatoms. The van der Waals surface area contributed by atoms with E-state index in [1.807, 2.05) is 0 Å². The first-order valence-corrected chi connectivity index (χ1v) is 6.02. The van der Waals surface area contributed by atoms with Gasteiger partial charge in [-0.05, 0) is 38.3 Å². The van der Waals surface area contributed by atoms with Crippen LogP contribution >= 0.6 is 0 Å². The SMILES string of the molecule is CCCNCC(C)NCC(C)C(C)C. The Morgan fingerprint density at radius 2 is 1.64 bits per heavy atom. The van der Waals surface area contributed by atoms with Crippen molar-refractivity contribution >= 4 is 0 Å². The maximum Gasteiger partial charge on any atom is 0.0164 e. The van der Waals surface area contributed by atoms with E-state index < -0.39 is 0 Å². The van der Waals surface area contributed by atoms with Gasteiger partial charge < -0.3 is 10.6 Å². The molecule has 2 N–H and O–H groups in total. The Kier molecular flexibility index (Phi) is 8.20. The first kappa shape index (κ1) is 13.9. The van der Waals surface area contributed by atoms with Gasteiger partial charge in [-0.2, -0.15) is 0 Å². The van der Waals surface area contributed by atoms with Crippen molar-refractivity contribution in [3.63, 3.8) is 0 Å². The third-order valence-corrected chi connectivity index (χ3v) is 2.80. The molecule has 0 heterocycles. The normalized spacial score (nSPS) is 15.9. The summed E-state index contributed by atoms with van der Waals surface area (Å²) in [6.07, 6.45) is 1.22. The summed E-state index contributed by atoms with van der Waals surface area (Å²) in [6, 6.07) is 0.586. The zero-order chi connectivity index (χ0) is 11.0. The highest BCUT2D eigenvalue weighted by molar-refractivity contribution is 4.67. The molecular weight excluding hydrogens is 172 g/mol. The lowest BCUT2D eigenvalue weighted by Crippen LogP contribution is -2.39. The Morgan fingerprint density at radius 1 is 1.00 bits per heavy atom. The van der Waals surface area contributed by atoms with Gasteiger partial charge >= 0.3 is 0 Å². The fourth-order valence-corrected chi connectivity index (χ4v) is 1.19. The van der Waals surface area contributed by atoms with Crippen LogP contribution < -0.4 is 10.6 Å². The second-order valence-corrected chi connectivity index (χ2v) is 4.73. The van der Waals surface area contributed by atoms with Crippen molar-refractivity contribution in [3.8, 4) is 0 Å². The highest BCUT2D eigenvalue weighted by Gasteiger charge is 2.08. The molecule has 0 fully saturated rings. The molecule has 0 aromatic carbocycles. The fourth-order valence-electron chi connectivity index (χ4n) is 1.19. The van der Waals surface area contributed by atoms with Gasteiger partial charge in [0.2, 0.25) is 0 Å². The van der Waals surface area contributed by atoms with E-state index in [0.29, 0.717) is 6.04 Å². The average molecular weight is 200 g/mol. The molecule has 0 saturated heterocycles.